The number of ether oxygens (including phenoxy) is 1. The van der Waals surface area contributed by atoms with Crippen LogP contribution in [0.25, 0.3) is 0 Å². The highest BCUT2D eigenvalue weighted by molar-refractivity contribution is 14.0. The number of hydrogen-bond donors (Lipinski definition) is 2. The molecule has 0 radical (unpaired) electrons. The fourth-order valence-electron chi connectivity index (χ4n) is 3.35. The second-order valence-corrected chi connectivity index (χ2v) is 6.74. The van der Waals surface area contributed by atoms with Crippen molar-refractivity contribution in [3.05, 3.63) is 60.0 Å². The molecule has 0 amide bonds. The quantitative estimate of drug-likeness (QED) is 0.338. The summed E-state index contributed by atoms with van der Waals surface area (Å²) in [6.45, 7) is 4.76. The average Bonchev–Trinajstić information content (AvgIpc) is 3.18. The largest absolute Gasteiger partial charge is 0.375 e. The summed E-state index contributed by atoms with van der Waals surface area (Å²) in [6.07, 6.45) is 2.42. The van der Waals surface area contributed by atoms with Crippen LogP contribution >= 0.6 is 24.0 Å². The van der Waals surface area contributed by atoms with Crippen LogP contribution in [0.15, 0.2) is 53.7 Å². The molecule has 2 aromatic rings. The summed E-state index contributed by atoms with van der Waals surface area (Å²) in [5.74, 6) is 0.876. The highest BCUT2D eigenvalue weighted by Gasteiger charge is 2.26. The first-order chi connectivity index (χ1) is 13.7. The Labute approximate surface area is 189 Å². The summed E-state index contributed by atoms with van der Waals surface area (Å²) in [7, 11) is 1.70. The fraction of sp³-hybridized carbons (Fsp3) is 0.429. The number of nitrogens with one attached hydrogen (secondary N) is 2. The van der Waals surface area contributed by atoms with Crippen molar-refractivity contribution < 1.29 is 9.13 Å². The lowest BCUT2D eigenvalue weighted by molar-refractivity contribution is 0.111. The van der Waals surface area contributed by atoms with Crippen LogP contribution in [-0.2, 0) is 4.74 Å². The van der Waals surface area contributed by atoms with Gasteiger partial charge in [0.2, 0.25) is 0 Å². The monoisotopic (exact) mass is 513 g/mol. The highest BCUT2D eigenvalue weighted by atomic mass is 127. The van der Waals surface area contributed by atoms with Gasteiger partial charge < -0.3 is 20.3 Å². The van der Waals surface area contributed by atoms with E-state index in [-0.39, 0.29) is 41.9 Å². The Balaban J connectivity index is 0.00000300. The number of aliphatic imine (C=N–C) groups is 1. The molecule has 1 fully saturated rings. The van der Waals surface area contributed by atoms with Gasteiger partial charge in [0.05, 0.1) is 6.54 Å². The van der Waals surface area contributed by atoms with E-state index in [2.05, 4.69) is 15.6 Å². The Morgan fingerprint density at radius 2 is 2.10 bits per heavy atom. The summed E-state index contributed by atoms with van der Waals surface area (Å²) in [5, 5.41) is 6.74. The van der Waals surface area contributed by atoms with Gasteiger partial charge in [0.1, 0.15) is 6.10 Å². The molecular weight excluding hydrogens is 484 g/mol. The van der Waals surface area contributed by atoms with Crippen molar-refractivity contribution in [2.75, 3.05) is 38.2 Å². The number of benzene rings is 1. The second kappa shape index (κ2) is 11.9. The van der Waals surface area contributed by atoms with Gasteiger partial charge in [-0.1, -0.05) is 30.3 Å². The van der Waals surface area contributed by atoms with Gasteiger partial charge in [0.15, 0.2) is 17.6 Å². The lowest BCUT2D eigenvalue weighted by Crippen LogP contribution is -2.45. The van der Waals surface area contributed by atoms with Gasteiger partial charge in [-0.2, -0.15) is 0 Å². The maximum absolute atomic E-state index is 14.0. The van der Waals surface area contributed by atoms with Gasteiger partial charge in [-0.15, -0.1) is 24.0 Å². The van der Waals surface area contributed by atoms with Crippen LogP contribution in [0.4, 0.5) is 10.2 Å². The topological polar surface area (TPSA) is 61.8 Å². The lowest BCUT2D eigenvalue weighted by atomic mass is 10.1. The number of halogens is 2. The van der Waals surface area contributed by atoms with E-state index in [9.17, 15) is 4.39 Å². The lowest BCUT2D eigenvalue weighted by Gasteiger charge is -2.20. The van der Waals surface area contributed by atoms with E-state index in [1.807, 2.05) is 42.2 Å². The summed E-state index contributed by atoms with van der Waals surface area (Å²) >= 11 is 0. The zero-order valence-electron chi connectivity index (χ0n) is 16.8. The van der Waals surface area contributed by atoms with E-state index < -0.39 is 0 Å². The molecule has 0 aliphatic carbocycles. The molecule has 158 valence electrons. The van der Waals surface area contributed by atoms with E-state index in [1.54, 1.807) is 19.4 Å². The third-order valence-corrected chi connectivity index (χ3v) is 4.78. The zero-order chi connectivity index (χ0) is 19.8. The molecule has 29 heavy (non-hydrogen) atoms. The molecule has 1 aliphatic rings. The van der Waals surface area contributed by atoms with Crippen LogP contribution in [0, 0.1) is 5.82 Å². The van der Waals surface area contributed by atoms with Gasteiger partial charge in [-0.3, -0.25) is 4.99 Å². The maximum Gasteiger partial charge on any atom is 0.191 e. The van der Waals surface area contributed by atoms with E-state index >= 15 is 0 Å². The minimum atomic E-state index is -0.283. The SMILES string of the molecule is CCNC(=NCC(OC)c1ccccc1)NC1CCN(c2ncccc2F)C1.I. The van der Waals surface area contributed by atoms with Crippen LogP contribution in [0.3, 0.4) is 0 Å². The molecule has 8 heteroatoms. The molecule has 3 rings (SSSR count). The maximum atomic E-state index is 14.0. The Bertz CT molecular complexity index is 777. The number of rotatable bonds is 7. The average molecular weight is 513 g/mol. The van der Waals surface area contributed by atoms with Crippen molar-refractivity contribution in [1.82, 2.24) is 15.6 Å². The van der Waals surface area contributed by atoms with Gasteiger partial charge in [-0.05, 0) is 31.0 Å². The van der Waals surface area contributed by atoms with Crippen molar-refractivity contribution in [1.29, 1.82) is 0 Å². The Hall–Kier alpha value is -1.94. The standard InChI is InChI=1S/C21H28FN5O.HI/c1-3-23-21(25-14-19(28-2)16-8-5-4-6-9-16)26-17-11-13-27(15-17)20-18(22)10-7-12-24-20;/h4-10,12,17,19H,3,11,13-15H2,1-2H3,(H2,23,25,26);1H. The Kier molecular flexibility index (Phi) is 9.59. The van der Waals surface area contributed by atoms with Crippen molar-refractivity contribution in [3.63, 3.8) is 0 Å². The minimum absolute atomic E-state index is 0. The van der Waals surface area contributed by atoms with Crippen LogP contribution in [0.5, 0.6) is 0 Å². The number of anilines is 1. The molecule has 0 bridgehead atoms. The summed E-state index contributed by atoms with van der Waals surface area (Å²) in [6, 6.07) is 13.3. The summed E-state index contributed by atoms with van der Waals surface area (Å²) < 4.78 is 19.6. The molecule has 1 aromatic heterocycles. The fourth-order valence-corrected chi connectivity index (χ4v) is 3.35. The first kappa shape index (κ1) is 23.3. The molecule has 6 nitrogen and oxygen atoms in total. The third-order valence-electron chi connectivity index (χ3n) is 4.78. The Morgan fingerprint density at radius 1 is 1.31 bits per heavy atom. The van der Waals surface area contributed by atoms with Crippen LogP contribution < -0.4 is 15.5 Å². The predicted octanol–water partition coefficient (Wildman–Crippen LogP) is 3.36. The number of pyridine rings is 1. The smallest absolute Gasteiger partial charge is 0.191 e. The predicted molar refractivity (Wildman–Crippen MR) is 126 cm³/mol. The van der Waals surface area contributed by atoms with E-state index in [4.69, 9.17) is 9.73 Å². The highest BCUT2D eigenvalue weighted by Crippen LogP contribution is 2.21. The molecule has 1 aromatic carbocycles. The summed E-state index contributed by atoms with van der Waals surface area (Å²) in [4.78, 5) is 10.8. The number of methoxy groups -OCH3 is 1. The van der Waals surface area contributed by atoms with Crippen LogP contribution in [-0.4, -0.2) is 50.3 Å². The second-order valence-electron chi connectivity index (χ2n) is 6.74. The van der Waals surface area contributed by atoms with E-state index in [0.717, 1.165) is 31.0 Å². The molecule has 1 aliphatic heterocycles. The van der Waals surface area contributed by atoms with Crippen molar-refractivity contribution in [2.45, 2.75) is 25.5 Å². The Morgan fingerprint density at radius 3 is 2.79 bits per heavy atom. The van der Waals surface area contributed by atoms with Crippen LogP contribution in [0.2, 0.25) is 0 Å². The first-order valence-corrected chi connectivity index (χ1v) is 9.69. The van der Waals surface area contributed by atoms with Gasteiger partial charge in [-0.25, -0.2) is 9.37 Å². The van der Waals surface area contributed by atoms with Crippen molar-refractivity contribution in [3.8, 4) is 0 Å². The number of hydrogen-bond acceptors (Lipinski definition) is 4. The third kappa shape index (κ3) is 6.53. The molecule has 2 N–H and O–H groups in total. The molecule has 2 atom stereocenters. The van der Waals surface area contributed by atoms with E-state index in [0.29, 0.717) is 18.9 Å². The number of nitrogens with zero attached hydrogens (tertiary/aromatic N) is 3. The minimum Gasteiger partial charge on any atom is -0.375 e. The normalized spacial score (nSPS) is 17.6. The number of guanidine groups is 1. The van der Waals surface area contributed by atoms with Crippen molar-refractivity contribution >= 4 is 35.8 Å². The van der Waals surface area contributed by atoms with Gasteiger partial charge in [0.25, 0.3) is 0 Å². The number of aromatic nitrogens is 1. The van der Waals surface area contributed by atoms with Gasteiger partial charge >= 0.3 is 0 Å². The van der Waals surface area contributed by atoms with E-state index in [1.165, 1.54) is 6.07 Å². The molecule has 1 saturated heterocycles. The molecular formula is C21H29FIN5O. The zero-order valence-corrected chi connectivity index (χ0v) is 19.2. The first-order valence-electron chi connectivity index (χ1n) is 9.69. The molecule has 0 saturated carbocycles. The van der Waals surface area contributed by atoms with Crippen molar-refractivity contribution in [2.24, 2.45) is 4.99 Å². The molecule has 2 heterocycles. The van der Waals surface area contributed by atoms with Gasteiger partial charge in [0, 0.05) is 39.0 Å². The summed E-state index contributed by atoms with van der Waals surface area (Å²) in [5.41, 5.74) is 1.10. The molecule has 2 unspecified atom stereocenters. The molecule has 0 spiro atoms. The van der Waals surface area contributed by atoms with Crippen LogP contribution in [0.1, 0.15) is 25.0 Å².